The lowest BCUT2D eigenvalue weighted by molar-refractivity contribution is 0.326. The van der Waals surface area contributed by atoms with Crippen LogP contribution in [0.1, 0.15) is 12.5 Å². The third kappa shape index (κ3) is 3.83. The van der Waals surface area contributed by atoms with Gasteiger partial charge in [0.2, 0.25) is 0 Å². The van der Waals surface area contributed by atoms with E-state index in [2.05, 4.69) is 15.9 Å². The maximum atomic E-state index is 13.7. The molecular weight excluding hydrogens is 408 g/mol. The zero-order valence-corrected chi connectivity index (χ0v) is 14.6. The first kappa shape index (κ1) is 18.2. The van der Waals surface area contributed by atoms with Crippen LogP contribution in [0, 0.1) is 23.0 Å². The predicted octanol–water partition coefficient (Wildman–Crippen LogP) is 3.77. The van der Waals surface area contributed by atoms with Crippen LogP contribution >= 0.6 is 15.9 Å². The second-order valence-electron chi connectivity index (χ2n) is 4.44. The Bertz CT molecular complexity index is 926. The normalized spacial score (nSPS) is 11.0. The van der Waals surface area contributed by atoms with Crippen molar-refractivity contribution < 1.29 is 26.1 Å². The summed E-state index contributed by atoms with van der Waals surface area (Å²) < 4.78 is 61.8. The Morgan fingerprint density at radius 2 is 1.96 bits per heavy atom. The van der Waals surface area contributed by atoms with E-state index in [4.69, 9.17) is 14.2 Å². The van der Waals surface area contributed by atoms with E-state index in [1.807, 2.05) is 6.07 Å². The van der Waals surface area contributed by atoms with Gasteiger partial charge in [-0.25, -0.2) is 8.78 Å². The molecule has 0 aliphatic carbocycles. The van der Waals surface area contributed by atoms with E-state index in [0.29, 0.717) is 12.1 Å². The lowest BCUT2D eigenvalue weighted by atomic mass is 10.2. The minimum absolute atomic E-state index is 0.0242. The molecule has 0 radical (unpaired) electrons. The van der Waals surface area contributed by atoms with E-state index in [9.17, 15) is 17.2 Å². The van der Waals surface area contributed by atoms with E-state index in [0.717, 1.165) is 6.07 Å². The quantitative estimate of drug-likeness (QED) is 0.692. The van der Waals surface area contributed by atoms with Gasteiger partial charge in [0.1, 0.15) is 16.5 Å². The summed E-state index contributed by atoms with van der Waals surface area (Å²) in [5.74, 6) is -2.37. The molecule has 0 bridgehead atoms. The Hall–Kier alpha value is -2.18. The van der Waals surface area contributed by atoms with Crippen molar-refractivity contribution >= 4 is 26.0 Å². The number of hydrogen-bond donors (Lipinski definition) is 0. The van der Waals surface area contributed by atoms with Crippen LogP contribution < -0.4 is 8.92 Å². The number of hydrogen-bond acceptors (Lipinski definition) is 5. The number of ether oxygens (including phenoxy) is 1. The van der Waals surface area contributed by atoms with Gasteiger partial charge in [-0.15, -0.1) is 0 Å². The molecule has 0 atom stereocenters. The average Bonchev–Trinajstić information content (AvgIpc) is 2.52. The van der Waals surface area contributed by atoms with Crippen molar-refractivity contribution in [1.82, 2.24) is 0 Å². The standard InChI is InChI=1S/C15H10BrF2NO4S/c1-2-22-13-6-9(8-19)5-11(16)15(13)23-24(20,21)14-7-10(17)3-4-12(14)18/h3-7H,2H2,1H3. The summed E-state index contributed by atoms with van der Waals surface area (Å²) >= 11 is 3.08. The summed E-state index contributed by atoms with van der Waals surface area (Å²) in [5.41, 5.74) is 0.201. The van der Waals surface area contributed by atoms with Crippen molar-refractivity contribution in [3.05, 3.63) is 52.0 Å². The van der Waals surface area contributed by atoms with Crippen molar-refractivity contribution in [2.45, 2.75) is 11.8 Å². The van der Waals surface area contributed by atoms with Gasteiger partial charge in [0.25, 0.3) is 0 Å². The molecular formula is C15H10BrF2NO4S. The van der Waals surface area contributed by atoms with E-state index in [-0.39, 0.29) is 28.1 Å². The third-order valence-electron chi connectivity index (χ3n) is 2.79. The molecule has 0 N–H and O–H groups in total. The van der Waals surface area contributed by atoms with Crippen molar-refractivity contribution in [2.24, 2.45) is 0 Å². The monoisotopic (exact) mass is 417 g/mol. The molecule has 0 spiro atoms. The summed E-state index contributed by atoms with van der Waals surface area (Å²) in [5, 5.41) is 8.95. The minimum atomic E-state index is -4.66. The number of benzene rings is 2. The molecule has 0 saturated heterocycles. The molecule has 0 amide bonds. The average molecular weight is 418 g/mol. The van der Waals surface area contributed by atoms with Gasteiger partial charge >= 0.3 is 10.1 Å². The molecule has 2 rings (SSSR count). The summed E-state index contributed by atoms with van der Waals surface area (Å²) in [6.07, 6.45) is 0. The molecule has 2 aromatic carbocycles. The molecule has 9 heteroatoms. The maximum absolute atomic E-state index is 13.7. The second kappa shape index (κ2) is 7.15. The Labute approximate surface area is 145 Å². The SMILES string of the molecule is CCOc1cc(C#N)cc(Br)c1OS(=O)(=O)c1cc(F)ccc1F. The Morgan fingerprint density at radius 1 is 1.25 bits per heavy atom. The van der Waals surface area contributed by atoms with Crippen molar-refractivity contribution in [1.29, 1.82) is 5.26 Å². The fourth-order valence-electron chi connectivity index (χ4n) is 1.80. The molecule has 0 heterocycles. The van der Waals surface area contributed by atoms with Gasteiger partial charge in [0, 0.05) is 6.07 Å². The van der Waals surface area contributed by atoms with Crippen LogP contribution in [0.4, 0.5) is 8.78 Å². The van der Waals surface area contributed by atoms with Gasteiger partial charge in [-0.1, -0.05) is 0 Å². The van der Waals surface area contributed by atoms with Gasteiger partial charge in [0.15, 0.2) is 11.5 Å². The van der Waals surface area contributed by atoms with Crippen molar-refractivity contribution in [3.8, 4) is 17.6 Å². The second-order valence-corrected chi connectivity index (χ2v) is 6.81. The molecule has 0 aliphatic heterocycles. The fraction of sp³-hybridized carbons (Fsp3) is 0.133. The summed E-state index contributed by atoms with van der Waals surface area (Å²) in [4.78, 5) is -0.943. The van der Waals surface area contributed by atoms with Gasteiger partial charge in [-0.05, 0) is 47.1 Å². The van der Waals surface area contributed by atoms with Crippen molar-refractivity contribution in [2.75, 3.05) is 6.61 Å². The molecule has 0 aliphatic rings. The first-order chi connectivity index (χ1) is 11.3. The summed E-state index contributed by atoms with van der Waals surface area (Å²) in [6, 6.07) is 6.46. The van der Waals surface area contributed by atoms with Crippen LogP contribution in [-0.4, -0.2) is 15.0 Å². The third-order valence-corrected chi connectivity index (χ3v) is 4.62. The lowest BCUT2D eigenvalue weighted by Crippen LogP contribution is -2.13. The van der Waals surface area contributed by atoms with Crippen molar-refractivity contribution in [3.63, 3.8) is 0 Å². The number of halogens is 3. The van der Waals surface area contributed by atoms with Gasteiger partial charge < -0.3 is 8.92 Å². The minimum Gasteiger partial charge on any atom is -0.490 e. The Kier molecular flexibility index (Phi) is 5.41. The lowest BCUT2D eigenvalue weighted by Gasteiger charge is -2.14. The molecule has 0 aromatic heterocycles. The largest absolute Gasteiger partial charge is 0.490 e. The highest BCUT2D eigenvalue weighted by Crippen LogP contribution is 2.38. The van der Waals surface area contributed by atoms with Crippen LogP contribution in [-0.2, 0) is 10.1 Å². The highest BCUT2D eigenvalue weighted by atomic mass is 79.9. The topological polar surface area (TPSA) is 76.4 Å². The van der Waals surface area contributed by atoms with Crippen LogP contribution in [0.25, 0.3) is 0 Å². The molecule has 0 saturated carbocycles. The first-order valence-corrected chi connectivity index (χ1v) is 8.74. The van der Waals surface area contributed by atoms with Crippen LogP contribution in [0.15, 0.2) is 39.7 Å². The number of rotatable bonds is 5. The van der Waals surface area contributed by atoms with E-state index >= 15 is 0 Å². The van der Waals surface area contributed by atoms with E-state index in [1.54, 1.807) is 6.92 Å². The molecule has 24 heavy (non-hydrogen) atoms. The summed E-state index contributed by atoms with van der Waals surface area (Å²) in [7, 11) is -4.66. The zero-order chi connectivity index (χ0) is 17.9. The smallest absolute Gasteiger partial charge is 0.342 e. The van der Waals surface area contributed by atoms with Gasteiger partial charge in [0.05, 0.1) is 22.7 Å². The number of nitrogens with zero attached hydrogens (tertiary/aromatic N) is 1. The maximum Gasteiger partial charge on any atom is 0.342 e. The Balaban J connectivity index is 2.54. The zero-order valence-electron chi connectivity index (χ0n) is 12.2. The molecule has 2 aromatic rings. The first-order valence-electron chi connectivity index (χ1n) is 6.54. The van der Waals surface area contributed by atoms with E-state index in [1.165, 1.54) is 12.1 Å². The molecule has 0 unspecified atom stereocenters. The van der Waals surface area contributed by atoms with Crippen LogP contribution in [0.3, 0.4) is 0 Å². The van der Waals surface area contributed by atoms with Gasteiger partial charge in [-0.2, -0.15) is 13.7 Å². The molecule has 0 fully saturated rings. The van der Waals surface area contributed by atoms with E-state index < -0.39 is 26.6 Å². The fourth-order valence-corrected chi connectivity index (χ4v) is 3.47. The highest BCUT2D eigenvalue weighted by molar-refractivity contribution is 9.10. The molecule has 5 nitrogen and oxygen atoms in total. The summed E-state index contributed by atoms with van der Waals surface area (Å²) in [6.45, 7) is 1.82. The van der Waals surface area contributed by atoms with Crippen LogP contribution in [0.5, 0.6) is 11.5 Å². The number of nitriles is 1. The predicted molar refractivity (Wildman–Crippen MR) is 84.2 cm³/mol. The molecule has 126 valence electrons. The Morgan fingerprint density at radius 3 is 2.58 bits per heavy atom. The highest BCUT2D eigenvalue weighted by Gasteiger charge is 2.26. The van der Waals surface area contributed by atoms with Gasteiger partial charge in [-0.3, -0.25) is 0 Å². The van der Waals surface area contributed by atoms with Crippen LogP contribution in [0.2, 0.25) is 0 Å².